The molecular formula is C24H31FN2O4. The zero-order chi connectivity index (χ0) is 22.6. The molecule has 1 atom stereocenters. The van der Waals surface area contributed by atoms with Crippen molar-refractivity contribution in [1.82, 2.24) is 10.2 Å². The molecule has 1 N–H and O–H groups in total. The Morgan fingerprint density at radius 3 is 2.26 bits per heavy atom. The Balaban J connectivity index is 2.00. The first kappa shape index (κ1) is 24.2. The molecule has 2 aromatic carbocycles. The second kappa shape index (κ2) is 12.6. The maximum absolute atomic E-state index is 13.3. The van der Waals surface area contributed by atoms with Crippen molar-refractivity contribution in [1.29, 1.82) is 0 Å². The third-order valence-electron chi connectivity index (χ3n) is 4.87. The molecular weight excluding hydrogens is 399 g/mol. The van der Waals surface area contributed by atoms with Crippen molar-refractivity contribution in [2.24, 2.45) is 0 Å². The van der Waals surface area contributed by atoms with Gasteiger partial charge in [0.1, 0.15) is 23.4 Å². The first-order valence-corrected chi connectivity index (χ1v) is 10.6. The minimum atomic E-state index is -0.583. The third-order valence-corrected chi connectivity index (χ3v) is 4.87. The van der Waals surface area contributed by atoms with Crippen molar-refractivity contribution < 1.29 is 23.5 Å². The second-order valence-corrected chi connectivity index (χ2v) is 7.09. The van der Waals surface area contributed by atoms with E-state index in [1.807, 2.05) is 38.1 Å². The number of likely N-dealkylation sites (N-methyl/N-ethyl adjacent to an activating group) is 1. The first-order valence-electron chi connectivity index (χ1n) is 10.6. The summed E-state index contributed by atoms with van der Waals surface area (Å²) in [5.41, 5.74) is 0.770. The lowest BCUT2D eigenvalue weighted by Crippen LogP contribution is -2.49. The molecule has 0 saturated carbocycles. The number of nitrogens with one attached hydrogen (secondary N) is 1. The SMILES string of the molecule is CCNC(=O)[C@@H](CC)N(Cc1ccc(F)cc1)C(=O)CCCOc1ccc(OC)cc1. The minimum absolute atomic E-state index is 0.138. The van der Waals surface area contributed by atoms with Crippen LogP contribution in [0.25, 0.3) is 0 Å². The molecule has 0 spiro atoms. The van der Waals surface area contributed by atoms with E-state index >= 15 is 0 Å². The number of ether oxygens (including phenoxy) is 2. The molecule has 168 valence electrons. The number of halogens is 1. The van der Waals surface area contributed by atoms with Crippen molar-refractivity contribution in [3.05, 3.63) is 59.9 Å². The lowest BCUT2D eigenvalue weighted by Gasteiger charge is -2.30. The normalized spacial score (nSPS) is 11.5. The van der Waals surface area contributed by atoms with Gasteiger partial charge in [0, 0.05) is 19.5 Å². The number of nitrogens with zero attached hydrogens (tertiary/aromatic N) is 1. The summed E-state index contributed by atoms with van der Waals surface area (Å²) < 4.78 is 24.1. The average Bonchev–Trinajstić information content (AvgIpc) is 2.78. The Morgan fingerprint density at radius 1 is 1.03 bits per heavy atom. The van der Waals surface area contributed by atoms with Gasteiger partial charge in [0.15, 0.2) is 0 Å². The molecule has 6 nitrogen and oxygen atoms in total. The van der Waals surface area contributed by atoms with E-state index in [1.54, 1.807) is 24.1 Å². The van der Waals surface area contributed by atoms with Gasteiger partial charge >= 0.3 is 0 Å². The lowest BCUT2D eigenvalue weighted by atomic mass is 10.1. The standard InChI is InChI=1S/C24H31FN2O4/c1-4-22(24(29)26-5-2)27(17-18-8-10-19(25)11-9-18)23(28)7-6-16-31-21-14-12-20(30-3)13-15-21/h8-15,22H,4-7,16-17H2,1-3H3,(H,26,29)/t22-/m1/s1. The molecule has 0 aliphatic rings. The van der Waals surface area contributed by atoms with Crippen molar-refractivity contribution in [2.45, 2.75) is 45.7 Å². The third kappa shape index (κ3) is 7.59. The summed E-state index contributed by atoms with van der Waals surface area (Å²) in [6.07, 6.45) is 1.24. The molecule has 2 amide bonds. The summed E-state index contributed by atoms with van der Waals surface area (Å²) in [5.74, 6) is 0.781. The molecule has 0 aromatic heterocycles. The van der Waals surface area contributed by atoms with Gasteiger partial charge in [-0.3, -0.25) is 9.59 Å². The zero-order valence-corrected chi connectivity index (χ0v) is 18.4. The topological polar surface area (TPSA) is 67.9 Å². The Morgan fingerprint density at radius 2 is 1.68 bits per heavy atom. The summed E-state index contributed by atoms with van der Waals surface area (Å²) in [6.45, 7) is 4.82. The molecule has 0 fully saturated rings. The molecule has 0 bridgehead atoms. The van der Waals surface area contributed by atoms with Gasteiger partial charge in [-0.05, 0) is 61.7 Å². The predicted octanol–water partition coefficient (Wildman–Crippen LogP) is 3.94. The van der Waals surface area contributed by atoms with Crippen molar-refractivity contribution in [3.63, 3.8) is 0 Å². The van der Waals surface area contributed by atoms with E-state index in [4.69, 9.17) is 9.47 Å². The number of methoxy groups -OCH3 is 1. The van der Waals surface area contributed by atoms with Gasteiger partial charge in [-0.25, -0.2) is 4.39 Å². The van der Waals surface area contributed by atoms with Gasteiger partial charge in [-0.2, -0.15) is 0 Å². The van der Waals surface area contributed by atoms with E-state index in [2.05, 4.69) is 5.32 Å². The highest BCUT2D eigenvalue weighted by Gasteiger charge is 2.28. The van der Waals surface area contributed by atoms with Crippen LogP contribution in [0.4, 0.5) is 4.39 Å². The average molecular weight is 431 g/mol. The Bertz CT molecular complexity index is 824. The van der Waals surface area contributed by atoms with E-state index in [0.717, 1.165) is 11.3 Å². The van der Waals surface area contributed by atoms with Gasteiger partial charge in [-0.1, -0.05) is 19.1 Å². The lowest BCUT2D eigenvalue weighted by molar-refractivity contribution is -0.141. The van der Waals surface area contributed by atoms with Gasteiger partial charge < -0.3 is 19.7 Å². The van der Waals surface area contributed by atoms with E-state index in [0.29, 0.717) is 31.7 Å². The summed E-state index contributed by atoms with van der Waals surface area (Å²) >= 11 is 0. The van der Waals surface area contributed by atoms with Gasteiger partial charge in [0.05, 0.1) is 13.7 Å². The summed E-state index contributed by atoms with van der Waals surface area (Å²) in [5, 5.41) is 2.80. The largest absolute Gasteiger partial charge is 0.497 e. The minimum Gasteiger partial charge on any atom is -0.497 e. The number of carbonyl (C=O) groups is 2. The van der Waals surface area contributed by atoms with Crippen molar-refractivity contribution in [3.8, 4) is 11.5 Å². The molecule has 0 radical (unpaired) electrons. The molecule has 2 rings (SSSR count). The number of hydrogen-bond donors (Lipinski definition) is 1. The van der Waals surface area contributed by atoms with Crippen LogP contribution in [0, 0.1) is 5.82 Å². The van der Waals surface area contributed by atoms with Crippen LogP contribution in [0.15, 0.2) is 48.5 Å². The highest BCUT2D eigenvalue weighted by atomic mass is 19.1. The van der Waals surface area contributed by atoms with Gasteiger partial charge in [-0.15, -0.1) is 0 Å². The second-order valence-electron chi connectivity index (χ2n) is 7.09. The van der Waals surface area contributed by atoms with E-state index in [-0.39, 0.29) is 30.6 Å². The van der Waals surface area contributed by atoms with Crippen molar-refractivity contribution >= 4 is 11.8 Å². The Hall–Kier alpha value is -3.09. The van der Waals surface area contributed by atoms with E-state index in [9.17, 15) is 14.0 Å². The van der Waals surface area contributed by atoms with Crippen LogP contribution < -0.4 is 14.8 Å². The fourth-order valence-corrected chi connectivity index (χ4v) is 3.23. The molecule has 31 heavy (non-hydrogen) atoms. The molecule has 2 aromatic rings. The highest BCUT2D eigenvalue weighted by Crippen LogP contribution is 2.18. The molecule has 0 saturated heterocycles. The van der Waals surface area contributed by atoms with E-state index < -0.39 is 6.04 Å². The summed E-state index contributed by atoms with van der Waals surface area (Å²) in [4.78, 5) is 27.1. The number of benzene rings is 2. The van der Waals surface area contributed by atoms with Crippen LogP contribution in [-0.2, 0) is 16.1 Å². The van der Waals surface area contributed by atoms with Gasteiger partial charge in [0.25, 0.3) is 0 Å². The molecule has 0 aliphatic carbocycles. The van der Waals surface area contributed by atoms with Crippen LogP contribution >= 0.6 is 0 Å². The Labute approximate surface area is 183 Å². The quantitative estimate of drug-likeness (QED) is 0.518. The zero-order valence-electron chi connectivity index (χ0n) is 18.4. The molecule has 7 heteroatoms. The summed E-state index contributed by atoms with van der Waals surface area (Å²) in [7, 11) is 1.60. The number of amides is 2. The van der Waals surface area contributed by atoms with Crippen LogP contribution in [0.5, 0.6) is 11.5 Å². The van der Waals surface area contributed by atoms with Crippen LogP contribution in [0.2, 0.25) is 0 Å². The predicted molar refractivity (Wildman–Crippen MR) is 117 cm³/mol. The summed E-state index contributed by atoms with van der Waals surface area (Å²) in [6, 6.07) is 12.6. The van der Waals surface area contributed by atoms with Crippen LogP contribution in [0.1, 0.15) is 38.7 Å². The van der Waals surface area contributed by atoms with Gasteiger partial charge in [0.2, 0.25) is 11.8 Å². The first-order chi connectivity index (χ1) is 15.0. The number of rotatable bonds is 12. The molecule has 0 heterocycles. The number of hydrogen-bond acceptors (Lipinski definition) is 4. The van der Waals surface area contributed by atoms with E-state index in [1.165, 1.54) is 12.1 Å². The fourth-order valence-electron chi connectivity index (χ4n) is 3.23. The number of carbonyl (C=O) groups excluding carboxylic acids is 2. The van der Waals surface area contributed by atoms with Crippen molar-refractivity contribution in [2.75, 3.05) is 20.3 Å². The highest BCUT2D eigenvalue weighted by molar-refractivity contribution is 5.87. The smallest absolute Gasteiger partial charge is 0.242 e. The fraction of sp³-hybridized carbons (Fsp3) is 0.417. The Kier molecular flexibility index (Phi) is 9.81. The monoisotopic (exact) mass is 430 g/mol. The maximum atomic E-state index is 13.3. The molecule has 0 unspecified atom stereocenters. The molecule has 0 aliphatic heterocycles. The van der Waals surface area contributed by atoms with Crippen LogP contribution in [0.3, 0.4) is 0 Å². The maximum Gasteiger partial charge on any atom is 0.242 e. The van der Waals surface area contributed by atoms with Crippen LogP contribution in [-0.4, -0.2) is 43.0 Å².